The van der Waals surface area contributed by atoms with Crippen LogP contribution in [0.25, 0.3) is 0 Å². The van der Waals surface area contributed by atoms with Crippen LogP contribution in [0.1, 0.15) is 39.2 Å². The molecule has 1 nitrogen and oxygen atoms in total. The van der Waals surface area contributed by atoms with Crippen LogP contribution in [-0.2, 0) is 6.42 Å². The molecular weight excluding hydrogens is 230 g/mol. The van der Waals surface area contributed by atoms with E-state index in [-0.39, 0.29) is 0 Å². The molecule has 0 radical (unpaired) electrons. The largest absolute Gasteiger partial charge is 0.314 e. The molecular formula is C15H24ClN. The third-order valence-corrected chi connectivity index (χ3v) is 3.58. The first-order valence-electron chi connectivity index (χ1n) is 6.63. The Kier molecular flexibility index (Phi) is 6.61. The lowest BCUT2D eigenvalue weighted by Crippen LogP contribution is -2.32. The van der Waals surface area contributed by atoms with Crippen LogP contribution >= 0.6 is 11.6 Å². The SMILES string of the molecule is CCC(CC)CNC(C)Cc1cccc(Cl)c1. The summed E-state index contributed by atoms with van der Waals surface area (Å²) in [7, 11) is 0. The minimum absolute atomic E-state index is 0.508. The Morgan fingerprint density at radius 2 is 1.94 bits per heavy atom. The van der Waals surface area contributed by atoms with Crippen molar-refractivity contribution in [2.24, 2.45) is 5.92 Å². The first kappa shape index (κ1) is 14.5. The van der Waals surface area contributed by atoms with Crippen LogP contribution in [-0.4, -0.2) is 12.6 Å². The van der Waals surface area contributed by atoms with Crippen LogP contribution in [0.15, 0.2) is 24.3 Å². The minimum atomic E-state index is 0.508. The number of halogens is 1. The Bertz CT molecular complexity index is 320. The summed E-state index contributed by atoms with van der Waals surface area (Å²) in [5, 5.41) is 4.44. The molecule has 0 aliphatic heterocycles. The van der Waals surface area contributed by atoms with E-state index < -0.39 is 0 Å². The van der Waals surface area contributed by atoms with Crippen molar-refractivity contribution in [2.45, 2.75) is 46.1 Å². The fourth-order valence-electron chi connectivity index (χ4n) is 2.03. The van der Waals surface area contributed by atoms with Gasteiger partial charge in [-0.25, -0.2) is 0 Å². The summed E-state index contributed by atoms with van der Waals surface area (Å²) in [4.78, 5) is 0. The molecule has 17 heavy (non-hydrogen) atoms. The summed E-state index contributed by atoms with van der Waals surface area (Å²) in [6.07, 6.45) is 3.56. The lowest BCUT2D eigenvalue weighted by atomic mass is 10.0. The maximum Gasteiger partial charge on any atom is 0.0408 e. The van der Waals surface area contributed by atoms with Crippen LogP contribution in [0.4, 0.5) is 0 Å². The van der Waals surface area contributed by atoms with Crippen LogP contribution in [0.2, 0.25) is 5.02 Å². The van der Waals surface area contributed by atoms with Gasteiger partial charge in [0.1, 0.15) is 0 Å². The average molecular weight is 254 g/mol. The number of benzene rings is 1. The van der Waals surface area contributed by atoms with Crippen molar-refractivity contribution >= 4 is 11.6 Å². The molecule has 0 saturated carbocycles. The van der Waals surface area contributed by atoms with Gasteiger partial charge in [0.05, 0.1) is 0 Å². The number of hydrogen-bond acceptors (Lipinski definition) is 1. The van der Waals surface area contributed by atoms with Crippen LogP contribution in [0.5, 0.6) is 0 Å². The summed E-state index contributed by atoms with van der Waals surface area (Å²) in [6, 6.07) is 8.64. The molecule has 1 rings (SSSR count). The Balaban J connectivity index is 2.36. The highest BCUT2D eigenvalue weighted by atomic mass is 35.5. The second-order valence-electron chi connectivity index (χ2n) is 4.83. The van der Waals surface area contributed by atoms with E-state index >= 15 is 0 Å². The lowest BCUT2D eigenvalue weighted by Gasteiger charge is -2.18. The fraction of sp³-hybridized carbons (Fsp3) is 0.600. The van der Waals surface area contributed by atoms with Gasteiger partial charge in [0.25, 0.3) is 0 Å². The third kappa shape index (κ3) is 5.56. The Labute approximate surface area is 111 Å². The van der Waals surface area contributed by atoms with E-state index in [1.54, 1.807) is 0 Å². The Hall–Kier alpha value is -0.530. The molecule has 0 aliphatic rings. The summed E-state index contributed by atoms with van der Waals surface area (Å²) >= 11 is 5.98. The molecule has 0 fully saturated rings. The van der Waals surface area contributed by atoms with Crippen molar-refractivity contribution in [3.63, 3.8) is 0 Å². The molecule has 1 unspecified atom stereocenters. The van der Waals surface area contributed by atoms with E-state index in [1.165, 1.54) is 18.4 Å². The van der Waals surface area contributed by atoms with Gasteiger partial charge in [0, 0.05) is 11.1 Å². The van der Waals surface area contributed by atoms with Gasteiger partial charge in [0.15, 0.2) is 0 Å². The second-order valence-corrected chi connectivity index (χ2v) is 5.26. The molecule has 1 aromatic carbocycles. The first-order valence-corrected chi connectivity index (χ1v) is 7.01. The van der Waals surface area contributed by atoms with Gasteiger partial charge in [-0.3, -0.25) is 0 Å². The normalized spacial score (nSPS) is 13.0. The highest BCUT2D eigenvalue weighted by Crippen LogP contribution is 2.12. The molecule has 0 heterocycles. The lowest BCUT2D eigenvalue weighted by molar-refractivity contribution is 0.416. The van der Waals surface area contributed by atoms with E-state index in [0.29, 0.717) is 6.04 Å². The standard InChI is InChI=1S/C15H24ClN/c1-4-13(5-2)11-17-12(3)9-14-7-6-8-15(16)10-14/h6-8,10,12-13,17H,4-5,9,11H2,1-3H3. The van der Waals surface area contributed by atoms with Gasteiger partial charge in [-0.15, -0.1) is 0 Å². The minimum Gasteiger partial charge on any atom is -0.314 e. The monoisotopic (exact) mass is 253 g/mol. The van der Waals surface area contributed by atoms with E-state index in [0.717, 1.165) is 23.9 Å². The quantitative estimate of drug-likeness (QED) is 0.764. The maximum absolute atomic E-state index is 5.98. The van der Waals surface area contributed by atoms with E-state index in [1.807, 2.05) is 12.1 Å². The Morgan fingerprint density at radius 1 is 1.24 bits per heavy atom. The molecule has 0 spiro atoms. The molecule has 0 amide bonds. The van der Waals surface area contributed by atoms with Crippen molar-refractivity contribution in [2.75, 3.05) is 6.54 Å². The summed E-state index contributed by atoms with van der Waals surface area (Å²) in [5.41, 5.74) is 1.31. The van der Waals surface area contributed by atoms with Gasteiger partial charge in [0.2, 0.25) is 0 Å². The predicted molar refractivity (Wildman–Crippen MR) is 76.7 cm³/mol. The van der Waals surface area contributed by atoms with E-state index in [2.05, 4.69) is 38.2 Å². The zero-order chi connectivity index (χ0) is 12.7. The highest BCUT2D eigenvalue weighted by molar-refractivity contribution is 6.30. The maximum atomic E-state index is 5.98. The van der Waals surface area contributed by atoms with Gasteiger partial charge >= 0.3 is 0 Å². The van der Waals surface area contributed by atoms with E-state index in [4.69, 9.17) is 11.6 Å². The molecule has 0 saturated heterocycles. The van der Waals surface area contributed by atoms with Crippen LogP contribution < -0.4 is 5.32 Å². The van der Waals surface area contributed by atoms with Crippen molar-refractivity contribution in [3.8, 4) is 0 Å². The number of hydrogen-bond donors (Lipinski definition) is 1. The molecule has 1 aromatic rings. The van der Waals surface area contributed by atoms with Crippen molar-refractivity contribution in [1.82, 2.24) is 5.32 Å². The molecule has 0 aromatic heterocycles. The zero-order valence-electron chi connectivity index (χ0n) is 11.2. The molecule has 0 aliphatic carbocycles. The van der Waals surface area contributed by atoms with Crippen LogP contribution in [0, 0.1) is 5.92 Å². The molecule has 1 atom stereocenters. The van der Waals surface area contributed by atoms with Crippen molar-refractivity contribution in [3.05, 3.63) is 34.9 Å². The van der Waals surface area contributed by atoms with Gasteiger partial charge < -0.3 is 5.32 Å². The van der Waals surface area contributed by atoms with E-state index in [9.17, 15) is 0 Å². The second kappa shape index (κ2) is 7.73. The molecule has 2 heteroatoms. The predicted octanol–water partition coefficient (Wildman–Crippen LogP) is 4.30. The molecule has 96 valence electrons. The molecule has 1 N–H and O–H groups in total. The number of rotatable bonds is 7. The third-order valence-electron chi connectivity index (χ3n) is 3.34. The van der Waals surface area contributed by atoms with Crippen LogP contribution in [0.3, 0.4) is 0 Å². The van der Waals surface area contributed by atoms with Gasteiger partial charge in [-0.2, -0.15) is 0 Å². The highest BCUT2D eigenvalue weighted by Gasteiger charge is 2.07. The molecule has 0 bridgehead atoms. The smallest absolute Gasteiger partial charge is 0.0408 e. The Morgan fingerprint density at radius 3 is 2.53 bits per heavy atom. The number of nitrogens with one attached hydrogen (secondary N) is 1. The van der Waals surface area contributed by atoms with Gasteiger partial charge in [-0.1, -0.05) is 50.4 Å². The zero-order valence-corrected chi connectivity index (χ0v) is 11.9. The summed E-state index contributed by atoms with van der Waals surface area (Å²) < 4.78 is 0. The van der Waals surface area contributed by atoms with Gasteiger partial charge in [-0.05, 0) is 43.5 Å². The average Bonchev–Trinajstić information content (AvgIpc) is 2.30. The van der Waals surface area contributed by atoms with Crippen molar-refractivity contribution in [1.29, 1.82) is 0 Å². The topological polar surface area (TPSA) is 12.0 Å². The summed E-state index contributed by atoms with van der Waals surface area (Å²) in [6.45, 7) is 7.88. The summed E-state index contributed by atoms with van der Waals surface area (Å²) in [5.74, 6) is 0.803. The fourth-order valence-corrected chi connectivity index (χ4v) is 2.25. The first-order chi connectivity index (χ1) is 8.15. The van der Waals surface area contributed by atoms with Crippen molar-refractivity contribution < 1.29 is 0 Å².